The molecule has 0 aliphatic carbocycles. The summed E-state index contributed by atoms with van der Waals surface area (Å²) in [5.41, 5.74) is 2.23. The van der Waals surface area contributed by atoms with Gasteiger partial charge in [0.05, 0.1) is 6.04 Å². The highest BCUT2D eigenvalue weighted by atomic mass is 16.5. The lowest BCUT2D eigenvalue weighted by Crippen LogP contribution is -2.38. The Morgan fingerprint density at radius 1 is 0.929 bits per heavy atom. The Kier molecular flexibility index (Phi) is 5.94. The predicted octanol–water partition coefficient (Wildman–Crippen LogP) is 4.35. The molecule has 0 radical (unpaired) electrons. The van der Waals surface area contributed by atoms with Crippen LogP contribution in [0.25, 0.3) is 0 Å². The van der Waals surface area contributed by atoms with E-state index in [1.807, 2.05) is 60.7 Å². The summed E-state index contributed by atoms with van der Waals surface area (Å²) in [6, 6.07) is 20.6. The van der Waals surface area contributed by atoms with Crippen LogP contribution in [0.1, 0.15) is 46.0 Å². The van der Waals surface area contributed by atoms with E-state index in [-0.39, 0.29) is 11.9 Å². The third kappa shape index (κ3) is 4.49. The Morgan fingerprint density at radius 2 is 1.46 bits per heavy atom. The number of carbonyl (C=O) groups excluding carboxylic acids is 2. The average Bonchev–Trinajstić information content (AvgIpc) is 3.05. The molecule has 5 heteroatoms. The lowest BCUT2D eigenvalue weighted by Gasteiger charge is -2.22. The van der Waals surface area contributed by atoms with Gasteiger partial charge in [-0.05, 0) is 38.0 Å². The summed E-state index contributed by atoms with van der Waals surface area (Å²) in [5.74, 6) is 0.147. The van der Waals surface area contributed by atoms with Crippen LogP contribution in [0.2, 0.25) is 0 Å². The maximum atomic E-state index is 12.7. The number of benzene rings is 2. The van der Waals surface area contributed by atoms with Crippen molar-refractivity contribution < 1.29 is 18.7 Å². The topological polar surface area (TPSA) is 68.5 Å². The molecule has 0 bridgehead atoms. The van der Waals surface area contributed by atoms with Crippen LogP contribution in [0, 0.1) is 13.8 Å². The lowest BCUT2D eigenvalue weighted by molar-refractivity contribution is -0.129. The lowest BCUT2D eigenvalue weighted by atomic mass is 9.98. The van der Waals surface area contributed by atoms with Crippen molar-refractivity contribution in [3.05, 3.63) is 94.9 Å². The van der Waals surface area contributed by atoms with Gasteiger partial charge in [0, 0.05) is 0 Å². The number of amides is 1. The smallest absolute Gasteiger partial charge is 0.342 e. The molecule has 28 heavy (non-hydrogen) atoms. The van der Waals surface area contributed by atoms with Gasteiger partial charge in [-0.1, -0.05) is 60.7 Å². The van der Waals surface area contributed by atoms with Crippen molar-refractivity contribution in [2.24, 2.45) is 0 Å². The Hall–Kier alpha value is -3.34. The molecule has 144 valence electrons. The fourth-order valence-electron chi connectivity index (χ4n) is 3.02. The van der Waals surface area contributed by atoms with E-state index in [1.54, 1.807) is 26.8 Å². The van der Waals surface area contributed by atoms with E-state index in [4.69, 9.17) is 9.15 Å². The standard InChI is InChI=1S/C23H23NO4/c1-15-14-20(16(2)27-15)23(26)28-17(3)22(25)24-21(18-10-6-4-7-11-18)19-12-8-5-9-13-19/h4-14,17,21H,1-3H3,(H,24,25)/t17-/m0/s1. The third-order valence-corrected chi connectivity index (χ3v) is 4.47. The zero-order valence-corrected chi connectivity index (χ0v) is 16.1. The summed E-state index contributed by atoms with van der Waals surface area (Å²) in [6.45, 7) is 5.00. The number of esters is 1. The van der Waals surface area contributed by atoms with Gasteiger partial charge in [0.2, 0.25) is 0 Å². The molecule has 0 aliphatic rings. The van der Waals surface area contributed by atoms with Crippen molar-refractivity contribution >= 4 is 11.9 Å². The van der Waals surface area contributed by atoms with Crippen LogP contribution in [-0.2, 0) is 9.53 Å². The van der Waals surface area contributed by atoms with Gasteiger partial charge in [0.25, 0.3) is 5.91 Å². The first-order valence-electron chi connectivity index (χ1n) is 9.14. The number of nitrogens with one attached hydrogen (secondary N) is 1. The number of furan rings is 1. The quantitative estimate of drug-likeness (QED) is 0.649. The Morgan fingerprint density at radius 3 is 1.93 bits per heavy atom. The first kappa shape index (κ1) is 19.4. The van der Waals surface area contributed by atoms with Gasteiger partial charge in [-0.15, -0.1) is 0 Å². The first-order valence-corrected chi connectivity index (χ1v) is 9.14. The Labute approximate surface area is 164 Å². The fraction of sp³-hybridized carbons (Fsp3) is 0.217. The van der Waals surface area contributed by atoms with Crippen LogP contribution >= 0.6 is 0 Å². The zero-order chi connectivity index (χ0) is 20.1. The second-order valence-corrected chi connectivity index (χ2v) is 6.64. The van der Waals surface area contributed by atoms with Gasteiger partial charge >= 0.3 is 5.97 Å². The maximum absolute atomic E-state index is 12.7. The van der Waals surface area contributed by atoms with Crippen molar-refractivity contribution in [3.63, 3.8) is 0 Å². The van der Waals surface area contributed by atoms with E-state index in [1.165, 1.54) is 0 Å². The largest absolute Gasteiger partial charge is 0.466 e. The number of aryl methyl sites for hydroxylation is 2. The highest BCUT2D eigenvalue weighted by Gasteiger charge is 2.25. The van der Waals surface area contributed by atoms with E-state index in [0.717, 1.165) is 11.1 Å². The monoisotopic (exact) mass is 377 g/mol. The van der Waals surface area contributed by atoms with E-state index < -0.39 is 12.1 Å². The second kappa shape index (κ2) is 8.57. The van der Waals surface area contributed by atoms with Crippen LogP contribution in [0.5, 0.6) is 0 Å². The third-order valence-electron chi connectivity index (χ3n) is 4.47. The average molecular weight is 377 g/mol. The molecule has 0 saturated carbocycles. The first-order chi connectivity index (χ1) is 13.5. The molecule has 0 aliphatic heterocycles. The van der Waals surface area contributed by atoms with Crippen molar-refractivity contribution in [1.82, 2.24) is 5.32 Å². The molecule has 3 aromatic rings. The van der Waals surface area contributed by atoms with E-state index in [9.17, 15) is 9.59 Å². The molecule has 1 atom stereocenters. The Bertz CT molecular complexity index is 908. The number of hydrogen-bond acceptors (Lipinski definition) is 4. The van der Waals surface area contributed by atoms with Crippen LogP contribution < -0.4 is 5.32 Å². The minimum atomic E-state index is -0.947. The minimum absolute atomic E-state index is 0.333. The number of ether oxygens (including phenoxy) is 1. The fourth-order valence-corrected chi connectivity index (χ4v) is 3.02. The highest BCUT2D eigenvalue weighted by molar-refractivity contribution is 5.93. The summed E-state index contributed by atoms with van der Waals surface area (Å²) < 4.78 is 10.7. The van der Waals surface area contributed by atoms with E-state index in [0.29, 0.717) is 17.1 Å². The molecular formula is C23H23NO4. The van der Waals surface area contributed by atoms with Gasteiger partial charge < -0.3 is 14.5 Å². The highest BCUT2D eigenvalue weighted by Crippen LogP contribution is 2.22. The number of carbonyl (C=O) groups is 2. The molecule has 1 aromatic heterocycles. The van der Waals surface area contributed by atoms with Crippen molar-refractivity contribution in [2.75, 3.05) is 0 Å². The Balaban J connectivity index is 1.74. The molecule has 3 rings (SSSR count). The van der Waals surface area contributed by atoms with Crippen molar-refractivity contribution in [2.45, 2.75) is 32.9 Å². The molecule has 0 saturated heterocycles. The van der Waals surface area contributed by atoms with Crippen molar-refractivity contribution in [1.29, 1.82) is 0 Å². The molecule has 1 N–H and O–H groups in total. The molecule has 0 spiro atoms. The van der Waals surface area contributed by atoms with Gasteiger partial charge in [-0.3, -0.25) is 4.79 Å². The molecule has 0 fully saturated rings. The van der Waals surface area contributed by atoms with Crippen LogP contribution in [0.3, 0.4) is 0 Å². The summed E-state index contributed by atoms with van der Waals surface area (Å²) in [7, 11) is 0. The maximum Gasteiger partial charge on any atom is 0.342 e. The molecule has 2 aromatic carbocycles. The normalized spacial score (nSPS) is 11.9. The van der Waals surface area contributed by atoms with Gasteiger partial charge in [-0.2, -0.15) is 0 Å². The zero-order valence-electron chi connectivity index (χ0n) is 16.1. The second-order valence-electron chi connectivity index (χ2n) is 6.64. The molecule has 5 nitrogen and oxygen atoms in total. The van der Waals surface area contributed by atoms with Crippen LogP contribution in [0.15, 0.2) is 71.1 Å². The van der Waals surface area contributed by atoms with Crippen molar-refractivity contribution in [3.8, 4) is 0 Å². The SMILES string of the molecule is Cc1cc(C(=O)O[C@@H](C)C(=O)NC(c2ccccc2)c2ccccc2)c(C)o1. The molecule has 1 heterocycles. The molecule has 0 unspecified atom stereocenters. The number of rotatable bonds is 6. The van der Waals surface area contributed by atoms with Crippen LogP contribution in [-0.4, -0.2) is 18.0 Å². The van der Waals surface area contributed by atoms with Gasteiger partial charge in [0.1, 0.15) is 17.1 Å². The van der Waals surface area contributed by atoms with Gasteiger partial charge in [-0.25, -0.2) is 4.79 Å². The number of hydrogen-bond donors (Lipinski definition) is 1. The molecular weight excluding hydrogens is 354 g/mol. The van der Waals surface area contributed by atoms with E-state index >= 15 is 0 Å². The molecule has 1 amide bonds. The summed E-state index contributed by atoms with van der Waals surface area (Å²) in [6.07, 6.45) is -0.947. The van der Waals surface area contributed by atoms with Crippen LogP contribution in [0.4, 0.5) is 0 Å². The summed E-state index contributed by atoms with van der Waals surface area (Å²) >= 11 is 0. The summed E-state index contributed by atoms with van der Waals surface area (Å²) in [5, 5.41) is 2.99. The minimum Gasteiger partial charge on any atom is -0.466 e. The van der Waals surface area contributed by atoms with E-state index in [2.05, 4.69) is 5.32 Å². The predicted molar refractivity (Wildman–Crippen MR) is 106 cm³/mol. The van der Waals surface area contributed by atoms with Gasteiger partial charge in [0.15, 0.2) is 6.10 Å². The summed E-state index contributed by atoms with van der Waals surface area (Å²) in [4.78, 5) is 25.1.